The number of nitrogens with two attached hydrogens (primary N) is 1. The van der Waals surface area contributed by atoms with Crippen LogP contribution >= 0.6 is 23.4 Å². The molecule has 3 aromatic heterocycles. The van der Waals surface area contributed by atoms with Crippen LogP contribution in [0.5, 0.6) is 0 Å². The van der Waals surface area contributed by atoms with Gasteiger partial charge in [0, 0.05) is 53.9 Å². The van der Waals surface area contributed by atoms with Crippen molar-refractivity contribution in [2.24, 2.45) is 5.73 Å². The molecule has 0 amide bonds. The van der Waals surface area contributed by atoms with Gasteiger partial charge in [0.15, 0.2) is 10.9 Å². The van der Waals surface area contributed by atoms with E-state index in [1.807, 2.05) is 25.1 Å². The van der Waals surface area contributed by atoms with Crippen molar-refractivity contribution in [2.75, 3.05) is 36.0 Å². The van der Waals surface area contributed by atoms with Crippen LogP contribution in [0, 0.1) is 0 Å². The van der Waals surface area contributed by atoms with E-state index in [9.17, 15) is 9.90 Å². The average Bonchev–Trinajstić information content (AvgIpc) is 3.46. The molecule has 0 bridgehead atoms. The third kappa shape index (κ3) is 4.81. The molecule has 1 fully saturated rings. The van der Waals surface area contributed by atoms with E-state index < -0.39 is 5.97 Å². The zero-order chi connectivity index (χ0) is 26.3. The number of hydrogen-bond donors (Lipinski definition) is 3. The van der Waals surface area contributed by atoms with E-state index in [1.54, 1.807) is 6.07 Å². The van der Waals surface area contributed by atoms with Crippen molar-refractivity contribution in [1.82, 2.24) is 19.9 Å². The fraction of sp³-hybridized carbons (Fsp3) is 0.385. The molecule has 0 spiro atoms. The maximum absolute atomic E-state index is 11.8. The Morgan fingerprint density at radius 2 is 2.03 bits per heavy atom. The number of aromatic nitrogens is 4. The number of rotatable bonds is 8. The number of aromatic amines is 1. The molecule has 1 aliphatic rings. The van der Waals surface area contributed by atoms with Crippen molar-refractivity contribution >= 4 is 62.8 Å². The molecule has 11 heteroatoms. The Labute approximate surface area is 224 Å². The molecule has 37 heavy (non-hydrogen) atoms. The molecule has 194 valence electrons. The SMILES string of the molecule is CCc1[nH]c2nc(Sc3ccc4c(N5CCC(N)C5)cc(C(=O)O)nc4c3)nc(N(CC)CC)c2c1Cl. The fourth-order valence-electron chi connectivity index (χ4n) is 4.85. The first kappa shape index (κ1) is 25.6. The lowest BCUT2D eigenvalue weighted by molar-refractivity contribution is 0.0691. The number of aromatic carboxylic acids is 1. The van der Waals surface area contributed by atoms with Gasteiger partial charge in [-0.05, 0) is 62.7 Å². The number of carbonyl (C=O) groups is 1. The highest BCUT2D eigenvalue weighted by Gasteiger charge is 2.24. The maximum atomic E-state index is 11.8. The molecule has 1 saturated heterocycles. The summed E-state index contributed by atoms with van der Waals surface area (Å²) in [5.41, 5.74) is 9.24. The highest BCUT2D eigenvalue weighted by molar-refractivity contribution is 7.99. The Morgan fingerprint density at radius 1 is 1.24 bits per heavy atom. The lowest BCUT2D eigenvalue weighted by atomic mass is 10.1. The van der Waals surface area contributed by atoms with Crippen molar-refractivity contribution in [3.8, 4) is 0 Å². The lowest BCUT2D eigenvalue weighted by Crippen LogP contribution is -2.26. The third-order valence-corrected chi connectivity index (χ3v) is 8.06. The Morgan fingerprint density at radius 3 is 2.68 bits per heavy atom. The van der Waals surface area contributed by atoms with Gasteiger partial charge in [-0.15, -0.1) is 0 Å². The zero-order valence-corrected chi connectivity index (χ0v) is 22.7. The van der Waals surface area contributed by atoms with Gasteiger partial charge in [0.05, 0.1) is 15.9 Å². The number of nitrogens with one attached hydrogen (secondary N) is 1. The molecule has 0 aliphatic carbocycles. The van der Waals surface area contributed by atoms with Crippen molar-refractivity contribution in [1.29, 1.82) is 0 Å². The maximum Gasteiger partial charge on any atom is 0.354 e. The van der Waals surface area contributed by atoms with Crippen LogP contribution in [-0.2, 0) is 6.42 Å². The summed E-state index contributed by atoms with van der Waals surface area (Å²) in [4.78, 5) is 34.5. The van der Waals surface area contributed by atoms with Gasteiger partial charge in [0.1, 0.15) is 11.5 Å². The summed E-state index contributed by atoms with van der Waals surface area (Å²) in [6.07, 6.45) is 1.64. The molecule has 0 radical (unpaired) electrons. The molecule has 1 unspecified atom stereocenters. The van der Waals surface area contributed by atoms with E-state index >= 15 is 0 Å². The number of fused-ring (bicyclic) bond motifs is 2. The van der Waals surface area contributed by atoms with E-state index in [0.717, 1.165) is 65.3 Å². The van der Waals surface area contributed by atoms with Crippen LogP contribution in [0.3, 0.4) is 0 Å². The summed E-state index contributed by atoms with van der Waals surface area (Å²) in [7, 11) is 0. The van der Waals surface area contributed by atoms with Gasteiger partial charge >= 0.3 is 5.97 Å². The zero-order valence-electron chi connectivity index (χ0n) is 21.1. The van der Waals surface area contributed by atoms with Gasteiger partial charge in [-0.1, -0.05) is 18.5 Å². The number of hydrogen-bond acceptors (Lipinski definition) is 8. The molecule has 9 nitrogen and oxygen atoms in total. The van der Waals surface area contributed by atoms with Crippen molar-refractivity contribution in [3.05, 3.63) is 40.7 Å². The standard InChI is InChI=1S/C26H30ClN7O2S/c1-4-17-22(27)21-23(30-17)31-26(32-24(21)33(5-2)6-3)37-15-7-8-16-18(11-15)29-19(25(35)36)12-20(16)34-10-9-14(28)13-34/h7-8,11-12,14H,4-6,9-10,13,28H2,1-3H3,(H,35,36)(H,30,31,32). The molecular formula is C26H30ClN7O2S. The summed E-state index contributed by atoms with van der Waals surface area (Å²) in [6, 6.07) is 7.60. The van der Waals surface area contributed by atoms with Crippen LogP contribution in [0.1, 0.15) is 43.4 Å². The minimum atomic E-state index is -1.06. The van der Waals surface area contributed by atoms with E-state index in [0.29, 0.717) is 27.9 Å². The van der Waals surface area contributed by atoms with Crippen LogP contribution in [0.4, 0.5) is 11.5 Å². The highest BCUT2D eigenvalue weighted by atomic mass is 35.5. The number of H-pyrrole nitrogens is 1. The second-order valence-electron chi connectivity index (χ2n) is 9.10. The van der Waals surface area contributed by atoms with Gasteiger partial charge < -0.3 is 25.6 Å². The van der Waals surface area contributed by atoms with Crippen LogP contribution in [0.2, 0.25) is 5.02 Å². The first-order valence-electron chi connectivity index (χ1n) is 12.5. The molecule has 1 atom stereocenters. The number of benzene rings is 1. The monoisotopic (exact) mass is 539 g/mol. The Hall–Kier alpha value is -3.08. The summed E-state index contributed by atoms with van der Waals surface area (Å²) in [6.45, 7) is 9.28. The first-order chi connectivity index (χ1) is 17.8. The first-order valence-corrected chi connectivity index (χ1v) is 13.7. The topological polar surface area (TPSA) is 124 Å². The summed E-state index contributed by atoms with van der Waals surface area (Å²) in [5, 5.41) is 12.7. The van der Waals surface area contributed by atoms with E-state index in [-0.39, 0.29) is 11.7 Å². The predicted molar refractivity (Wildman–Crippen MR) is 149 cm³/mol. The Kier molecular flexibility index (Phi) is 7.15. The minimum Gasteiger partial charge on any atom is -0.477 e. The van der Waals surface area contributed by atoms with Crippen LogP contribution in [-0.4, -0.2) is 63.2 Å². The second-order valence-corrected chi connectivity index (χ2v) is 10.5. The number of carboxylic acids is 1. The van der Waals surface area contributed by atoms with E-state index in [2.05, 4.69) is 33.6 Å². The Balaban J connectivity index is 1.58. The molecule has 1 aromatic carbocycles. The lowest BCUT2D eigenvalue weighted by Gasteiger charge is -2.21. The number of pyridine rings is 1. The number of carboxylic acid groups (broad SMARTS) is 1. The van der Waals surface area contributed by atoms with Gasteiger partial charge in [-0.2, -0.15) is 0 Å². The van der Waals surface area contributed by atoms with E-state index in [4.69, 9.17) is 27.3 Å². The number of halogens is 1. The smallest absolute Gasteiger partial charge is 0.354 e. The van der Waals surface area contributed by atoms with Gasteiger partial charge in [-0.25, -0.2) is 19.7 Å². The second kappa shape index (κ2) is 10.4. The van der Waals surface area contributed by atoms with E-state index in [1.165, 1.54) is 11.8 Å². The number of aryl methyl sites for hydroxylation is 1. The molecule has 4 heterocycles. The van der Waals surface area contributed by atoms with Crippen LogP contribution < -0.4 is 15.5 Å². The normalized spacial score (nSPS) is 15.7. The quantitative estimate of drug-likeness (QED) is 0.266. The van der Waals surface area contributed by atoms with Crippen LogP contribution in [0.15, 0.2) is 34.3 Å². The van der Waals surface area contributed by atoms with Gasteiger partial charge in [-0.3, -0.25) is 0 Å². The minimum absolute atomic E-state index is 0.0136. The number of anilines is 2. The number of nitrogens with zero attached hydrogens (tertiary/aromatic N) is 5. The average molecular weight is 540 g/mol. The summed E-state index contributed by atoms with van der Waals surface area (Å²) >= 11 is 8.12. The molecule has 4 aromatic rings. The summed E-state index contributed by atoms with van der Waals surface area (Å²) < 4.78 is 0. The molecular weight excluding hydrogens is 510 g/mol. The Bertz CT molecular complexity index is 1490. The third-order valence-electron chi connectivity index (χ3n) is 6.79. The molecule has 4 N–H and O–H groups in total. The molecule has 5 rings (SSSR count). The largest absolute Gasteiger partial charge is 0.477 e. The predicted octanol–water partition coefficient (Wildman–Crippen LogP) is 4.95. The molecule has 1 aliphatic heterocycles. The fourth-order valence-corrected chi connectivity index (χ4v) is 5.99. The van der Waals surface area contributed by atoms with Crippen molar-refractivity contribution < 1.29 is 9.90 Å². The molecule has 0 saturated carbocycles. The van der Waals surface area contributed by atoms with Crippen molar-refractivity contribution in [2.45, 2.75) is 49.7 Å². The van der Waals surface area contributed by atoms with Crippen LogP contribution in [0.25, 0.3) is 21.9 Å². The van der Waals surface area contributed by atoms with Gasteiger partial charge in [0.25, 0.3) is 0 Å². The summed E-state index contributed by atoms with van der Waals surface area (Å²) in [5.74, 6) is -0.254. The van der Waals surface area contributed by atoms with Gasteiger partial charge in [0.2, 0.25) is 0 Å². The van der Waals surface area contributed by atoms with Crippen molar-refractivity contribution in [3.63, 3.8) is 0 Å². The highest BCUT2D eigenvalue weighted by Crippen LogP contribution is 2.38.